The SMILES string of the molecule is Cc1cccc(/C(=C/N(C=O)CC(=O)N2CCC(N3CCc4ccccc4NC3=O)CC2)C(=O)N(C)CCO)c1C. The van der Waals surface area contributed by atoms with E-state index in [1.807, 2.05) is 61.2 Å². The third-order valence-electron chi connectivity index (χ3n) is 8.06. The van der Waals surface area contributed by atoms with Crippen molar-refractivity contribution in [3.63, 3.8) is 0 Å². The molecule has 0 atom stereocenters. The molecule has 0 aliphatic carbocycles. The van der Waals surface area contributed by atoms with E-state index in [0.29, 0.717) is 44.4 Å². The fourth-order valence-corrected chi connectivity index (χ4v) is 5.44. The Bertz CT molecular complexity index is 1320. The van der Waals surface area contributed by atoms with Crippen LogP contribution in [0.2, 0.25) is 0 Å². The Kier molecular flexibility index (Phi) is 9.78. The van der Waals surface area contributed by atoms with Crippen molar-refractivity contribution in [3.8, 4) is 0 Å². The monoisotopic (exact) mass is 561 g/mol. The lowest BCUT2D eigenvalue weighted by atomic mass is 9.96. The summed E-state index contributed by atoms with van der Waals surface area (Å²) < 4.78 is 0. The number of nitrogens with one attached hydrogen (secondary N) is 1. The average Bonchev–Trinajstić information content (AvgIpc) is 3.14. The van der Waals surface area contributed by atoms with Crippen LogP contribution in [-0.2, 0) is 20.8 Å². The molecule has 0 spiro atoms. The summed E-state index contributed by atoms with van der Waals surface area (Å²) in [4.78, 5) is 57.7. The normalized spacial score (nSPS) is 16.0. The minimum absolute atomic E-state index is 0.0195. The number of hydrogen-bond acceptors (Lipinski definition) is 5. The predicted octanol–water partition coefficient (Wildman–Crippen LogP) is 2.63. The van der Waals surface area contributed by atoms with Crippen LogP contribution < -0.4 is 5.32 Å². The Morgan fingerprint density at radius 3 is 2.51 bits per heavy atom. The van der Waals surface area contributed by atoms with E-state index in [-0.39, 0.29) is 49.2 Å². The highest BCUT2D eigenvalue weighted by Gasteiger charge is 2.31. The lowest BCUT2D eigenvalue weighted by Crippen LogP contribution is -2.51. The number of rotatable bonds is 9. The fourth-order valence-electron chi connectivity index (χ4n) is 5.44. The van der Waals surface area contributed by atoms with E-state index in [2.05, 4.69) is 5.32 Å². The Morgan fingerprint density at radius 1 is 1.07 bits per heavy atom. The number of aliphatic hydroxyl groups is 1. The number of benzene rings is 2. The first-order chi connectivity index (χ1) is 19.7. The molecule has 10 nitrogen and oxygen atoms in total. The van der Waals surface area contributed by atoms with Gasteiger partial charge in [0.1, 0.15) is 6.54 Å². The molecule has 0 bridgehead atoms. The van der Waals surface area contributed by atoms with Crippen LogP contribution >= 0.6 is 0 Å². The number of carbonyl (C=O) groups excluding carboxylic acids is 4. The van der Waals surface area contributed by atoms with Gasteiger partial charge in [0, 0.05) is 51.2 Å². The van der Waals surface area contributed by atoms with Crippen molar-refractivity contribution in [2.24, 2.45) is 0 Å². The summed E-state index contributed by atoms with van der Waals surface area (Å²) >= 11 is 0. The Hall–Kier alpha value is -4.18. The van der Waals surface area contributed by atoms with Gasteiger partial charge in [-0.2, -0.15) is 0 Å². The van der Waals surface area contributed by atoms with Crippen molar-refractivity contribution in [1.29, 1.82) is 0 Å². The predicted molar refractivity (Wildman–Crippen MR) is 157 cm³/mol. The molecule has 41 heavy (non-hydrogen) atoms. The largest absolute Gasteiger partial charge is 0.395 e. The molecule has 0 radical (unpaired) electrons. The number of aliphatic hydroxyl groups excluding tert-OH is 1. The van der Waals surface area contributed by atoms with Gasteiger partial charge in [-0.25, -0.2) is 4.79 Å². The molecular weight excluding hydrogens is 522 g/mol. The molecule has 4 rings (SSSR count). The zero-order valence-corrected chi connectivity index (χ0v) is 24.0. The third kappa shape index (κ3) is 6.94. The highest BCUT2D eigenvalue weighted by atomic mass is 16.3. The summed E-state index contributed by atoms with van der Waals surface area (Å²) in [6.45, 7) is 5.14. The third-order valence-corrected chi connectivity index (χ3v) is 8.06. The summed E-state index contributed by atoms with van der Waals surface area (Å²) in [7, 11) is 1.58. The smallest absolute Gasteiger partial charge is 0.322 e. The van der Waals surface area contributed by atoms with Crippen LogP contribution in [0.1, 0.15) is 35.1 Å². The molecule has 2 N–H and O–H groups in total. The number of carbonyl (C=O) groups is 4. The average molecular weight is 562 g/mol. The van der Waals surface area contributed by atoms with Gasteiger partial charge < -0.3 is 30.0 Å². The van der Waals surface area contributed by atoms with E-state index in [1.165, 1.54) is 16.0 Å². The summed E-state index contributed by atoms with van der Waals surface area (Å²) in [6.07, 6.45) is 4.03. The molecule has 1 saturated heterocycles. The second kappa shape index (κ2) is 13.5. The van der Waals surface area contributed by atoms with Gasteiger partial charge in [0.25, 0.3) is 5.91 Å². The molecule has 5 amide bonds. The first kappa shape index (κ1) is 29.8. The lowest BCUT2D eigenvalue weighted by molar-refractivity contribution is -0.135. The molecule has 2 aliphatic rings. The number of para-hydroxylation sites is 1. The maximum absolute atomic E-state index is 13.3. The maximum Gasteiger partial charge on any atom is 0.322 e. The summed E-state index contributed by atoms with van der Waals surface area (Å²) in [5.74, 6) is -0.582. The van der Waals surface area contributed by atoms with E-state index in [1.54, 1.807) is 11.9 Å². The zero-order valence-electron chi connectivity index (χ0n) is 24.0. The van der Waals surface area contributed by atoms with Crippen LogP contribution in [0.5, 0.6) is 0 Å². The minimum Gasteiger partial charge on any atom is -0.395 e. The second-order valence-corrected chi connectivity index (χ2v) is 10.7. The lowest BCUT2D eigenvalue weighted by Gasteiger charge is -2.38. The highest BCUT2D eigenvalue weighted by Crippen LogP contribution is 2.26. The van der Waals surface area contributed by atoms with Crippen LogP contribution in [0.25, 0.3) is 5.57 Å². The van der Waals surface area contributed by atoms with Crippen molar-refractivity contribution >= 4 is 35.5 Å². The molecule has 218 valence electrons. The van der Waals surface area contributed by atoms with Crippen molar-refractivity contribution < 1.29 is 24.3 Å². The summed E-state index contributed by atoms with van der Waals surface area (Å²) in [6, 6.07) is 13.3. The first-order valence-electron chi connectivity index (χ1n) is 14.0. The molecule has 0 saturated carbocycles. The summed E-state index contributed by atoms with van der Waals surface area (Å²) in [5, 5.41) is 12.4. The topological polar surface area (TPSA) is 114 Å². The zero-order chi connectivity index (χ0) is 29.5. The number of fused-ring (bicyclic) bond motifs is 1. The van der Waals surface area contributed by atoms with Gasteiger partial charge in [0.2, 0.25) is 12.3 Å². The minimum atomic E-state index is -0.356. The number of likely N-dealkylation sites (N-methyl/N-ethyl adjacent to an activating group) is 1. The van der Waals surface area contributed by atoms with Gasteiger partial charge in [-0.1, -0.05) is 36.4 Å². The van der Waals surface area contributed by atoms with Gasteiger partial charge in [0.05, 0.1) is 12.2 Å². The molecule has 10 heteroatoms. The number of amides is 5. The van der Waals surface area contributed by atoms with Crippen LogP contribution in [0, 0.1) is 13.8 Å². The number of hydrogen-bond donors (Lipinski definition) is 2. The van der Waals surface area contributed by atoms with E-state index in [9.17, 15) is 24.3 Å². The number of urea groups is 1. The van der Waals surface area contributed by atoms with E-state index in [4.69, 9.17) is 0 Å². The van der Waals surface area contributed by atoms with Gasteiger partial charge in [-0.05, 0) is 61.4 Å². The number of likely N-dealkylation sites (tertiary alicyclic amines) is 1. The van der Waals surface area contributed by atoms with Crippen molar-refractivity contribution in [2.45, 2.75) is 39.2 Å². The molecule has 2 heterocycles. The van der Waals surface area contributed by atoms with Crippen molar-refractivity contribution in [2.75, 3.05) is 51.7 Å². The van der Waals surface area contributed by atoms with Gasteiger partial charge >= 0.3 is 6.03 Å². The Balaban J connectivity index is 1.43. The van der Waals surface area contributed by atoms with Gasteiger partial charge in [0.15, 0.2) is 0 Å². The van der Waals surface area contributed by atoms with Crippen molar-refractivity contribution in [1.82, 2.24) is 19.6 Å². The first-order valence-corrected chi connectivity index (χ1v) is 14.0. The van der Waals surface area contributed by atoms with Crippen LogP contribution in [0.3, 0.4) is 0 Å². The number of nitrogens with zero attached hydrogens (tertiary/aromatic N) is 4. The van der Waals surface area contributed by atoms with E-state index >= 15 is 0 Å². The quantitative estimate of drug-likeness (QED) is 0.361. The second-order valence-electron chi connectivity index (χ2n) is 10.7. The number of anilines is 1. The summed E-state index contributed by atoms with van der Waals surface area (Å²) in [5.41, 5.74) is 4.77. The molecule has 2 aromatic rings. The van der Waals surface area contributed by atoms with E-state index < -0.39 is 0 Å². The van der Waals surface area contributed by atoms with Crippen molar-refractivity contribution in [3.05, 3.63) is 70.9 Å². The fraction of sp³-hybridized carbons (Fsp3) is 0.419. The standard InChI is InChI=1S/C31H39N5O5/c1-22-7-6-9-26(23(22)2)27(30(40)33(3)17-18-37)19-34(21-38)20-29(39)35-14-12-25(13-15-35)36-16-11-24-8-4-5-10-28(24)32-31(36)41/h4-10,19,21,25,37H,11-18,20H2,1-3H3,(H,32,41)/b27-19-. The van der Waals surface area contributed by atoms with Gasteiger partial charge in [-0.3, -0.25) is 14.4 Å². The van der Waals surface area contributed by atoms with Crippen LogP contribution in [0.4, 0.5) is 10.5 Å². The molecular formula is C31H39N5O5. The number of aryl methyl sites for hydroxylation is 1. The van der Waals surface area contributed by atoms with Crippen LogP contribution in [-0.4, -0.2) is 101 Å². The molecule has 0 aromatic heterocycles. The number of piperidine rings is 1. The van der Waals surface area contributed by atoms with Gasteiger partial charge in [-0.15, -0.1) is 0 Å². The molecule has 2 aliphatic heterocycles. The molecule has 1 fully saturated rings. The maximum atomic E-state index is 13.3. The van der Waals surface area contributed by atoms with E-state index in [0.717, 1.165) is 28.8 Å². The Morgan fingerprint density at radius 2 is 1.80 bits per heavy atom. The Labute approximate surface area is 241 Å². The molecule has 0 unspecified atom stereocenters. The van der Waals surface area contributed by atoms with Crippen LogP contribution in [0.15, 0.2) is 48.7 Å². The highest BCUT2D eigenvalue weighted by molar-refractivity contribution is 6.20. The molecule has 2 aromatic carbocycles.